The van der Waals surface area contributed by atoms with Crippen molar-refractivity contribution in [2.45, 2.75) is 6.61 Å². The molecule has 0 spiro atoms. The zero-order valence-corrected chi connectivity index (χ0v) is 11.9. The number of aldehydes is 1. The minimum absolute atomic E-state index is 0.0335. The molecule has 0 aliphatic heterocycles. The average Bonchev–Trinajstić information content (AvgIpc) is 2.47. The number of nitrogens with zero attached hydrogens (tertiary/aromatic N) is 1. The van der Waals surface area contributed by atoms with Gasteiger partial charge in [-0.1, -0.05) is 12.1 Å². The van der Waals surface area contributed by atoms with Gasteiger partial charge in [-0.25, -0.2) is 4.39 Å². The van der Waals surface area contributed by atoms with Gasteiger partial charge in [-0.05, 0) is 45.8 Å². The smallest absolute Gasteiger partial charge is 0.153 e. The molecule has 3 nitrogen and oxygen atoms in total. The number of nitriles is 1. The largest absolute Gasteiger partial charge is 0.487 e. The molecule has 100 valence electrons. The molecule has 0 N–H and O–H groups in total. The number of halogens is 2. The first-order valence-electron chi connectivity index (χ1n) is 5.70. The Hall–Kier alpha value is -2.19. The Balaban J connectivity index is 2.21. The first-order chi connectivity index (χ1) is 9.65. The monoisotopic (exact) mass is 333 g/mol. The van der Waals surface area contributed by atoms with Crippen LogP contribution in [0.4, 0.5) is 4.39 Å². The van der Waals surface area contributed by atoms with Gasteiger partial charge in [-0.3, -0.25) is 4.79 Å². The second-order valence-electron chi connectivity index (χ2n) is 3.99. The predicted octanol–water partition coefficient (Wildman–Crippen LogP) is 3.85. The molecule has 5 heteroatoms. The maximum absolute atomic E-state index is 13.2. The first-order valence-corrected chi connectivity index (χ1v) is 6.50. The molecule has 0 fully saturated rings. The van der Waals surface area contributed by atoms with Crippen molar-refractivity contribution in [1.82, 2.24) is 0 Å². The highest BCUT2D eigenvalue weighted by atomic mass is 79.9. The van der Waals surface area contributed by atoms with Gasteiger partial charge in [-0.15, -0.1) is 0 Å². The highest BCUT2D eigenvalue weighted by Gasteiger charge is 2.09. The standard InChI is InChI=1S/C15H9BrFNO2/c16-13-3-1-2-11(8-19)15(13)20-9-10-4-5-14(17)12(6-10)7-18/h1-6,8H,9H2. The quantitative estimate of drug-likeness (QED) is 0.798. The number of hydrogen-bond donors (Lipinski definition) is 0. The number of ether oxygens (including phenoxy) is 1. The van der Waals surface area contributed by atoms with Gasteiger partial charge in [0.05, 0.1) is 15.6 Å². The Bertz CT molecular complexity index is 695. The third-order valence-electron chi connectivity index (χ3n) is 2.66. The molecule has 0 unspecified atom stereocenters. The molecule has 20 heavy (non-hydrogen) atoms. The lowest BCUT2D eigenvalue weighted by Crippen LogP contribution is -2.00. The van der Waals surface area contributed by atoms with E-state index in [4.69, 9.17) is 10.00 Å². The Morgan fingerprint density at radius 3 is 2.85 bits per heavy atom. The summed E-state index contributed by atoms with van der Waals surface area (Å²) in [5.41, 5.74) is 1.03. The van der Waals surface area contributed by atoms with Gasteiger partial charge in [0.1, 0.15) is 24.2 Å². The highest BCUT2D eigenvalue weighted by molar-refractivity contribution is 9.10. The number of carbonyl (C=O) groups excluding carboxylic acids is 1. The summed E-state index contributed by atoms with van der Waals surface area (Å²) in [7, 11) is 0. The fraction of sp³-hybridized carbons (Fsp3) is 0.0667. The molecule has 0 amide bonds. The van der Waals surface area contributed by atoms with Crippen LogP contribution in [0.2, 0.25) is 0 Å². The van der Waals surface area contributed by atoms with Crippen molar-refractivity contribution in [2.24, 2.45) is 0 Å². The van der Waals surface area contributed by atoms with Crippen LogP contribution in [0.3, 0.4) is 0 Å². The summed E-state index contributed by atoms with van der Waals surface area (Å²) in [5.74, 6) is -0.143. The zero-order chi connectivity index (χ0) is 14.5. The van der Waals surface area contributed by atoms with Crippen molar-refractivity contribution in [3.63, 3.8) is 0 Å². The average molecular weight is 334 g/mol. The molecule has 0 heterocycles. The normalized spacial score (nSPS) is 9.85. The van der Waals surface area contributed by atoms with Gasteiger partial charge >= 0.3 is 0 Å². The van der Waals surface area contributed by atoms with Gasteiger partial charge in [-0.2, -0.15) is 5.26 Å². The Kier molecular flexibility index (Phi) is 4.49. The first kappa shape index (κ1) is 14.2. The van der Waals surface area contributed by atoms with E-state index in [1.165, 1.54) is 18.2 Å². The zero-order valence-electron chi connectivity index (χ0n) is 10.3. The van der Waals surface area contributed by atoms with Crippen molar-refractivity contribution < 1.29 is 13.9 Å². The Morgan fingerprint density at radius 2 is 2.15 bits per heavy atom. The van der Waals surface area contributed by atoms with Gasteiger partial charge in [0, 0.05) is 0 Å². The lowest BCUT2D eigenvalue weighted by molar-refractivity contribution is 0.111. The third-order valence-corrected chi connectivity index (χ3v) is 3.28. The molecular formula is C15H9BrFNO2. The van der Waals surface area contributed by atoms with Crippen molar-refractivity contribution in [3.8, 4) is 11.8 Å². The molecular weight excluding hydrogens is 325 g/mol. The Labute approximate surface area is 123 Å². The second-order valence-corrected chi connectivity index (χ2v) is 4.85. The Morgan fingerprint density at radius 1 is 1.35 bits per heavy atom. The van der Waals surface area contributed by atoms with Gasteiger partial charge in [0.15, 0.2) is 6.29 Å². The lowest BCUT2D eigenvalue weighted by atomic mass is 10.1. The van der Waals surface area contributed by atoms with Crippen molar-refractivity contribution >= 4 is 22.2 Å². The SMILES string of the molecule is N#Cc1cc(COc2c(Br)cccc2C=O)ccc1F. The van der Waals surface area contributed by atoms with Crippen LogP contribution in [-0.2, 0) is 6.61 Å². The van der Waals surface area contributed by atoms with Crippen LogP contribution in [0, 0.1) is 17.1 Å². The van der Waals surface area contributed by atoms with Crippen LogP contribution < -0.4 is 4.74 Å². The number of rotatable bonds is 4. The van der Waals surface area contributed by atoms with E-state index in [2.05, 4.69) is 15.9 Å². The molecule has 0 atom stereocenters. The number of hydrogen-bond acceptors (Lipinski definition) is 3. The van der Waals surface area contributed by atoms with E-state index >= 15 is 0 Å². The summed E-state index contributed by atoms with van der Waals surface area (Å²) in [6, 6.07) is 11.1. The molecule has 2 rings (SSSR count). The van der Waals surface area contributed by atoms with E-state index in [9.17, 15) is 9.18 Å². The maximum atomic E-state index is 13.2. The van der Waals surface area contributed by atoms with Crippen LogP contribution >= 0.6 is 15.9 Å². The fourth-order valence-corrected chi connectivity index (χ4v) is 2.17. The molecule has 2 aromatic carbocycles. The second kappa shape index (κ2) is 6.31. The molecule has 0 radical (unpaired) electrons. The third kappa shape index (κ3) is 3.03. The molecule has 0 bridgehead atoms. The summed E-state index contributed by atoms with van der Waals surface area (Å²) in [6.45, 7) is 0.137. The summed E-state index contributed by atoms with van der Waals surface area (Å²) in [5, 5.41) is 8.77. The van der Waals surface area contributed by atoms with Crippen LogP contribution in [0.1, 0.15) is 21.5 Å². The van der Waals surface area contributed by atoms with E-state index in [0.717, 1.165) is 0 Å². The lowest BCUT2D eigenvalue weighted by Gasteiger charge is -2.10. The minimum Gasteiger partial charge on any atom is -0.487 e. The van der Waals surface area contributed by atoms with Crippen molar-refractivity contribution in [2.75, 3.05) is 0 Å². The van der Waals surface area contributed by atoms with Crippen LogP contribution in [0.25, 0.3) is 0 Å². The molecule has 0 aliphatic carbocycles. The van der Waals surface area contributed by atoms with Crippen molar-refractivity contribution in [3.05, 3.63) is 63.4 Å². The summed E-state index contributed by atoms with van der Waals surface area (Å²) >= 11 is 3.31. The van der Waals surface area contributed by atoms with E-state index < -0.39 is 5.82 Å². The van der Waals surface area contributed by atoms with Gasteiger partial charge in [0.2, 0.25) is 0 Å². The van der Waals surface area contributed by atoms with E-state index in [1.54, 1.807) is 24.3 Å². The fourth-order valence-electron chi connectivity index (χ4n) is 1.67. The summed E-state index contributed by atoms with van der Waals surface area (Å²) < 4.78 is 19.4. The van der Waals surface area contributed by atoms with E-state index in [-0.39, 0.29) is 12.2 Å². The number of para-hydroxylation sites is 1. The summed E-state index contributed by atoms with van der Waals surface area (Å²) in [6.07, 6.45) is 0.700. The van der Waals surface area contributed by atoms with E-state index in [1.807, 2.05) is 0 Å². The van der Waals surface area contributed by atoms with Crippen LogP contribution in [0.15, 0.2) is 40.9 Å². The molecule has 0 saturated heterocycles. The topological polar surface area (TPSA) is 50.1 Å². The minimum atomic E-state index is -0.564. The molecule has 0 saturated carbocycles. The van der Waals surface area contributed by atoms with Crippen LogP contribution in [-0.4, -0.2) is 6.29 Å². The van der Waals surface area contributed by atoms with Gasteiger partial charge in [0.25, 0.3) is 0 Å². The van der Waals surface area contributed by atoms with Crippen LogP contribution in [0.5, 0.6) is 5.75 Å². The number of carbonyl (C=O) groups is 1. The molecule has 0 aliphatic rings. The maximum Gasteiger partial charge on any atom is 0.153 e. The van der Waals surface area contributed by atoms with E-state index in [0.29, 0.717) is 27.6 Å². The van der Waals surface area contributed by atoms with Gasteiger partial charge < -0.3 is 4.74 Å². The highest BCUT2D eigenvalue weighted by Crippen LogP contribution is 2.28. The predicted molar refractivity (Wildman–Crippen MR) is 75.0 cm³/mol. The summed E-state index contributed by atoms with van der Waals surface area (Å²) in [4.78, 5) is 10.9. The van der Waals surface area contributed by atoms with Crippen molar-refractivity contribution in [1.29, 1.82) is 5.26 Å². The molecule has 2 aromatic rings. The molecule has 0 aromatic heterocycles. The number of benzene rings is 2.